The molecule has 9 heteroatoms. The number of aromatic nitrogens is 6. The van der Waals surface area contributed by atoms with Gasteiger partial charge >= 0.3 is 0 Å². The van der Waals surface area contributed by atoms with E-state index >= 15 is 0 Å². The van der Waals surface area contributed by atoms with Crippen LogP contribution in [0.25, 0.3) is 43.3 Å². The molecule has 0 saturated carbocycles. The van der Waals surface area contributed by atoms with Crippen molar-refractivity contribution in [2.24, 2.45) is 0 Å². The number of rotatable bonds is 4. The van der Waals surface area contributed by atoms with E-state index in [1.54, 1.807) is 29.8 Å². The number of carbonyl (C=O) groups excluding carboxylic acids is 1. The maximum absolute atomic E-state index is 13.4. The van der Waals surface area contributed by atoms with Crippen LogP contribution in [0.1, 0.15) is 27.5 Å². The average molecular weight is 476 g/mol. The van der Waals surface area contributed by atoms with Crippen molar-refractivity contribution < 1.29 is 4.79 Å². The zero-order chi connectivity index (χ0) is 23.4. The van der Waals surface area contributed by atoms with Gasteiger partial charge in [-0.25, -0.2) is 10.1 Å². The largest absolute Gasteiger partial charge is 0.346 e. The van der Waals surface area contributed by atoms with Crippen LogP contribution < -0.4 is 5.32 Å². The van der Waals surface area contributed by atoms with Gasteiger partial charge in [0.2, 0.25) is 0 Å². The highest BCUT2D eigenvalue weighted by molar-refractivity contribution is 7.18. The number of tetrazole rings is 1. The number of hydrogen-bond donors (Lipinski definition) is 3. The number of nitrogens with one attached hydrogen (secondary N) is 3. The van der Waals surface area contributed by atoms with Crippen LogP contribution in [-0.2, 0) is 0 Å². The molecule has 4 aromatic heterocycles. The van der Waals surface area contributed by atoms with Crippen LogP contribution in [0.5, 0.6) is 0 Å². The minimum Gasteiger partial charge on any atom is -0.346 e. The Morgan fingerprint density at radius 2 is 1.77 bits per heavy atom. The predicted octanol–water partition coefficient (Wildman–Crippen LogP) is 4.97. The molecule has 3 N–H and O–H groups in total. The van der Waals surface area contributed by atoms with Crippen LogP contribution in [0, 0.1) is 0 Å². The fraction of sp³-hybridized carbons (Fsp3) is 0.0385. The number of H-pyrrole nitrogens is 2. The molecule has 1 amide bonds. The predicted molar refractivity (Wildman–Crippen MR) is 134 cm³/mol. The lowest BCUT2D eigenvalue weighted by Crippen LogP contribution is -2.28. The van der Waals surface area contributed by atoms with E-state index in [-0.39, 0.29) is 11.9 Å². The van der Waals surface area contributed by atoms with E-state index in [1.165, 1.54) is 0 Å². The van der Waals surface area contributed by atoms with Gasteiger partial charge in [0.05, 0.1) is 16.5 Å². The van der Waals surface area contributed by atoms with E-state index in [9.17, 15) is 4.79 Å². The minimum atomic E-state index is -0.256. The van der Waals surface area contributed by atoms with Crippen molar-refractivity contribution in [1.82, 2.24) is 35.9 Å². The van der Waals surface area contributed by atoms with E-state index in [2.05, 4.69) is 66.2 Å². The Balaban J connectivity index is 1.32. The summed E-state index contributed by atoms with van der Waals surface area (Å²) in [5, 5.41) is 18.3. The van der Waals surface area contributed by atoms with Crippen molar-refractivity contribution in [3.05, 3.63) is 95.8 Å². The van der Waals surface area contributed by atoms with Gasteiger partial charge in [-0.1, -0.05) is 42.5 Å². The van der Waals surface area contributed by atoms with Crippen LogP contribution in [0.2, 0.25) is 0 Å². The molecular weight excluding hydrogens is 458 g/mol. The number of fused-ring (bicyclic) bond motifs is 4. The third kappa shape index (κ3) is 3.09. The summed E-state index contributed by atoms with van der Waals surface area (Å²) in [6.45, 7) is 0. The van der Waals surface area contributed by atoms with Crippen LogP contribution in [0.15, 0.2) is 79.1 Å². The summed E-state index contributed by atoms with van der Waals surface area (Å²) in [4.78, 5) is 22.9. The molecule has 168 valence electrons. The number of pyridine rings is 1. The Kier molecular flexibility index (Phi) is 4.36. The van der Waals surface area contributed by atoms with Gasteiger partial charge in [-0.15, -0.1) is 16.4 Å². The molecule has 1 unspecified atom stereocenters. The Hall–Kier alpha value is -4.63. The van der Waals surface area contributed by atoms with E-state index in [0.29, 0.717) is 17.0 Å². The topological polar surface area (TPSA) is 112 Å². The molecule has 35 heavy (non-hydrogen) atoms. The summed E-state index contributed by atoms with van der Waals surface area (Å²) in [5.74, 6) is 0.513. The van der Waals surface area contributed by atoms with Crippen molar-refractivity contribution in [2.45, 2.75) is 6.04 Å². The standard InChI is InChI=1S/C26H17N7OS/c34-26(17-11-13-28-24-16(17)10-12-27-24)29-23-15-5-2-1-4-14(15)22-18(6-3-7-19(22)23)20-8-9-21(35-20)25-30-32-33-31-25/h1-13,23H,(H,27,28)(H,29,34)(H,30,31,32,33). The summed E-state index contributed by atoms with van der Waals surface area (Å²) in [6.07, 6.45) is 3.45. The molecule has 6 aromatic rings. The SMILES string of the molecule is O=C(NC1c2ccccc2-c2c(-c3ccc(-c4nnn[nH]4)s3)cccc21)c1ccnc2[nH]ccc12. The number of amides is 1. The summed E-state index contributed by atoms with van der Waals surface area (Å²) >= 11 is 1.63. The third-order valence-corrected chi connectivity index (χ3v) is 7.50. The second kappa shape index (κ2) is 7.71. The molecule has 2 aromatic carbocycles. The second-order valence-corrected chi connectivity index (χ2v) is 9.36. The Morgan fingerprint density at radius 3 is 2.69 bits per heavy atom. The van der Waals surface area contributed by atoms with Gasteiger partial charge < -0.3 is 10.3 Å². The molecule has 0 radical (unpaired) electrons. The minimum absolute atomic E-state index is 0.133. The van der Waals surface area contributed by atoms with Crippen molar-refractivity contribution >= 4 is 28.3 Å². The first-order chi connectivity index (χ1) is 17.3. The average Bonchev–Trinajstić information content (AvgIpc) is 3.70. The maximum atomic E-state index is 13.4. The van der Waals surface area contributed by atoms with Gasteiger partial charge in [0, 0.05) is 22.7 Å². The lowest BCUT2D eigenvalue weighted by molar-refractivity contribution is 0.0945. The molecule has 1 atom stereocenters. The fourth-order valence-corrected chi connectivity index (χ4v) is 5.83. The molecular formula is C26H17N7OS. The zero-order valence-corrected chi connectivity index (χ0v) is 19.0. The fourth-order valence-electron chi connectivity index (χ4n) is 4.86. The van der Waals surface area contributed by atoms with Crippen molar-refractivity contribution in [2.75, 3.05) is 0 Å². The molecule has 7 rings (SSSR count). The number of hydrogen-bond acceptors (Lipinski definition) is 6. The first-order valence-electron chi connectivity index (χ1n) is 11.1. The molecule has 1 aliphatic rings. The first kappa shape index (κ1) is 19.8. The molecule has 4 heterocycles. The highest BCUT2D eigenvalue weighted by Gasteiger charge is 2.32. The number of thiophene rings is 1. The normalized spacial score (nSPS) is 14.1. The lowest BCUT2D eigenvalue weighted by atomic mass is 9.98. The van der Waals surface area contributed by atoms with Crippen LogP contribution in [-0.4, -0.2) is 36.5 Å². The molecule has 0 spiro atoms. The molecule has 0 fully saturated rings. The van der Waals surface area contributed by atoms with Gasteiger partial charge in [-0.2, -0.15) is 0 Å². The summed E-state index contributed by atoms with van der Waals surface area (Å²) < 4.78 is 0. The number of nitrogens with zero attached hydrogens (tertiary/aromatic N) is 4. The number of carbonyl (C=O) groups is 1. The lowest BCUT2D eigenvalue weighted by Gasteiger charge is -2.17. The number of benzene rings is 2. The molecule has 0 aliphatic heterocycles. The Morgan fingerprint density at radius 1 is 0.914 bits per heavy atom. The monoisotopic (exact) mass is 475 g/mol. The zero-order valence-electron chi connectivity index (χ0n) is 18.2. The van der Waals surface area contributed by atoms with E-state index in [4.69, 9.17) is 0 Å². The third-order valence-electron chi connectivity index (χ3n) is 6.38. The van der Waals surface area contributed by atoms with Gasteiger partial charge in [0.1, 0.15) is 5.65 Å². The Labute approximate surface area is 203 Å². The molecule has 0 bridgehead atoms. The van der Waals surface area contributed by atoms with E-state index in [0.717, 1.165) is 43.0 Å². The molecule has 0 saturated heterocycles. The van der Waals surface area contributed by atoms with Gasteiger partial charge in [0.15, 0.2) is 5.82 Å². The first-order valence-corrected chi connectivity index (χ1v) is 11.9. The summed E-state index contributed by atoms with van der Waals surface area (Å²) in [7, 11) is 0. The maximum Gasteiger partial charge on any atom is 0.252 e. The van der Waals surface area contributed by atoms with E-state index in [1.807, 2.05) is 30.3 Å². The van der Waals surface area contributed by atoms with Gasteiger partial charge in [0.25, 0.3) is 5.91 Å². The summed E-state index contributed by atoms with van der Waals surface area (Å²) in [5.41, 5.74) is 6.84. The van der Waals surface area contributed by atoms with Crippen molar-refractivity contribution in [1.29, 1.82) is 0 Å². The number of aromatic amines is 2. The second-order valence-electron chi connectivity index (χ2n) is 8.28. The Bertz CT molecular complexity index is 1720. The van der Waals surface area contributed by atoms with Crippen LogP contribution in [0.4, 0.5) is 0 Å². The van der Waals surface area contributed by atoms with Gasteiger partial charge in [-0.05, 0) is 62.5 Å². The highest BCUT2D eigenvalue weighted by atomic mass is 32.1. The van der Waals surface area contributed by atoms with Crippen molar-refractivity contribution in [3.63, 3.8) is 0 Å². The van der Waals surface area contributed by atoms with E-state index < -0.39 is 0 Å². The van der Waals surface area contributed by atoms with Crippen molar-refractivity contribution in [3.8, 4) is 32.3 Å². The smallest absolute Gasteiger partial charge is 0.252 e. The van der Waals surface area contributed by atoms with Crippen LogP contribution >= 0.6 is 11.3 Å². The summed E-state index contributed by atoms with van der Waals surface area (Å²) in [6, 6.07) is 22.0. The molecule has 1 aliphatic carbocycles. The van der Waals surface area contributed by atoms with Crippen LogP contribution in [0.3, 0.4) is 0 Å². The quantitative estimate of drug-likeness (QED) is 0.333. The molecule has 8 nitrogen and oxygen atoms in total. The highest BCUT2D eigenvalue weighted by Crippen LogP contribution is 2.49. The van der Waals surface area contributed by atoms with Gasteiger partial charge in [-0.3, -0.25) is 4.79 Å².